The van der Waals surface area contributed by atoms with Gasteiger partial charge >= 0.3 is 0 Å². The molecule has 0 bridgehead atoms. The van der Waals surface area contributed by atoms with Crippen LogP contribution in [0.5, 0.6) is 0 Å². The Hall–Kier alpha value is -3.54. The van der Waals surface area contributed by atoms with Gasteiger partial charge in [0.15, 0.2) is 5.82 Å². The summed E-state index contributed by atoms with van der Waals surface area (Å²) in [7, 11) is 0. The number of benzene rings is 2. The van der Waals surface area contributed by atoms with Crippen LogP contribution < -0.4 is 5.32 Å². The molecule has 0 radical (unpaired) electrons. The lowest BCUT2D eigenvalue weighted by atomic mass is 10.1. The number of para-hydroxylation sites is 1. The number of hydrogen-bond donors (Lipinski definition) is 2. The summed E-state index contributed by atoms with van der Waals surface area (Å²) >= 11 is 0. The first-order valence-electron chi connectivity index (χ1n) is 8.30. The van der Waals surface area contributed by atoms with E-state index in [1.165, 1.54) is 0 Å². The number of anilines is 1. The molecule has 1 amide bonds. The lowest BCUT2D eigenvalue weighted by Gasteiger charge is -2.07. The number of aromatic amines is 1. The highest BCUT2D eigenvalue weighted by Crippen LogP contribution is 2.20. The predicted octanol–water partition coefficient (Wildman–Crippen LogP) is 3.51. The fraction of sp³-hybridized carbons (Fsp3) is 0.100. The molecule has 2 N–H and O–H groups in total. The molecule has 4 rings (SSSR count). The number of hydrogen-bond acceptors (Lipinski definition) is 4. The van der Waals surface area contributed by atoms with E-state index in [1.807, 2.05) is 61.5 Å². The molecule has 0 aliphatic carbocycles. The fourth-order valence-corrected chi connectivity index (χ4v) is 2.81. The molecule has 0 atom stereocenters. The number of amides is 1. The Morgan fingerprint density at radius 3 is 2.85 bits per heavy atom. The van der Waals surface area contributed by atoms with E-state index in [2.05, 4.69) is 25.5 Å². The third-order valence-electron chi connectivity index (χ3n) is 4.01. The Balaban J connectivity index is 1.49. The topological polar surface area (TPSA) is 83.6 Å². The molecule has 0 spiro atoms. The van der Waals surface area contributed by atoms with Gasteiger partial charge in [-0.15, -0.1) is 0 Å². The van der Waals surface area contributed by atoms with Gasteiger partial charge in [-0.2, -0.15) is 5.10 Å². The number of nitrogens with one attached hydrogen (secondary N) is 2. The molecule has 4 aromatic rings. The van der Waals surface area contributed by atoms with E-state index in [1.54, 1.807) is 6.20 Å². The number of carbonyl (C=O) groups is 1. The maximum absolute atomic E-state index is 12.4. The van der Waals surface area contributed by atoms with Gasteiger partial charge in [0.2, 0.25) is 5.91 Å². The zero-order chi connectivity index (χ0) is 17.9. The Morgan fingerprint density at radius 2 is 2.00 bits per heavy atom. The number of rotatable bonds is 4. The van der Waals surface area contributed by atoms with Crippen LogP contribution in [0.3, 0.4) is 0 Å². The smallest absolute Gasteiger partial charge is 0.228 e. The maximum Gasteiger partial charge on any atom is 0.228 e. The van der Waals surface area contributed by atoms with Gasteiger partial charge in [0.1, 0.15) is 5.82 Å². The molecular formula is C20H17N5O. The van der Waals surface area contributed by atoms with Crippen molar-refractivity contribution in [2.24, 2.45) is 0 Å². The molecule has 0 aliphatic heterocycles. The monoisotopic (exact) mass is 343 g/mol. The molecule has 0 saturated heterocycles. The third kappa shape index (κ3) is 3.44. The number of H-pyrrole nitrogens is 1. The molecule has 2 heterocycles. The van der Waals surface area contributed by atoms with Crippen molar-refractivity contribution < 1.29 is 4.79 Å². The van der Waals surface area contributed by atoms with Crippen LogP contribution in [0.15, 0.2) is 60.8 Å². The van der Waals surface area contributed by atoms with Gasteiger partial charge in [-0.25, -0.2) is 4.98 Å². The molecule has 2 aromatic heterocycles. The van der Waals surface area contributed by atoms with Crippen molar-refractivity contribution in [3.8, 4) is 11.4 Å². The lowest BCUT2D eigenvalue weighted by molar-refractivity contribution is -0.115. The van der Waals surface area contributed by atoms with Crippen LogP contribution in [0.1, 0.15) is 11.4 Å². The summed E-state index contributed by atoms with van der Waals surface area (Å²) in [4.78, 5) is 21.1. The number of fused-ring (bicyclic) bond motifs is 1. The highest BCUT2D eigenvalue weighted by molar-refractivity contribution is 5.93. The summed E-state index contributed by atoms with van der Waals surface area (Å²) in [5.41, 5.74) is 3.36. The van der Waals surface area contributed by atoms with Gasteiger partial charge in [-0.1, -0.05) is 30.3 Å². The SMILES string of the molecule is Cc1nc(-c2cccc(NC(=O)Cc3cnc4ccccc4c3)c2)n[nH]1. The van der Waals surface area contributed by atoms with E-state index in [0.29, 0.717) is 11.5 Å². The first-order valence-corrected chi connectivity index (χ1v) is 8.30. The summed E-state index contributed by atoms with van der Waals surface area (Å²) in [6.45, 7) is 1.85. The second kappa shape index (κ2) is 6.76. The third-order valence-corrected chi connectivity index (χ3v) is 4.01. The second-order valence-electron chi connectivity index (χ2n) is 6.09. The van der Waals surface area contributed by atoms with Gasteiger partial charge in [0.25, 0.3) is 0 Å². The van der Waals surface area contributed by atoms with Crippen molar-refractivity contribution >= 4 is 22.5 Å². The molecule has 6 heteroatoms. The Kier molecular flexibility index (Phi) is 4.15. The molecule has 0 saturated carbocycles. The van der Waals surface area contributed by atoms with Crippen LogP contribution in [0, 0.1) is 6.92 Å². The molecule has 6 nitrogen and oxygen atoms in total. The van der Waals surface area contributed by atoms with Gasteiger partial charge < -0.3 is 5.32 Å². The van der Waals surface area contributed by atoms with E-state index in [4.69, 9.17) is 0 Å². The summed E-state index contributed by atoms with van der Waals surface area (Å²) in [5, 5.41) is 10.9. The summed E-state index contributed by atoms with van der Waals surface area (Å²) in [5.74, 6) is 1.26. The Morgan fingerprint density at radius 1 is 1.12 bits per heavy atom. The lowest BCUT2D eigenvalue weighted by Crippen LogP contribution is -2.14. The summed E-state index contributed by atoms with van der Waals surface area (Å²) in [6.07, 6.45) is 2.01. The summed E-state index contributed by atoms with van der Waals surface area (Å²) in [6, 6.07) is 17.3. The average Bonchev–Trinajstić information content (AvgIpc) is 3.08. The highest BCUT2D eigenvalue weighted by atomic mass is 16.1. The van der Waals surface area contributed by atoms with E-state index < -0.39 is 0 Å². The number of aromatic nitrogens is 4. The maximum atomic E-state index is 12.4. The van der Waals surface area contributed by atoms with Crippen LogP contribution in [0.25, 0.3) is 22.3 Å². The van der Waals surface area contributed by atoms with Crippen molar-refractivity contribution in [1.82, 2.24) is 20.2 Å². The average molecular weight is 343 g/mol. The zero-order valence-corrected chi connectivity index (χ0v) is 14.2. The first-order chi connectivity index (χ1) is 12.7. The number of nitrogens with zero attached hydrogens (tertiary/aromatic N) is 3. The van der Waals surface area contributed by atoms with Crippen LogP contribution in [-0.4, -0.2) is 26.1 Å². The molecule has 26 heavy (non-hydrogen) atoms. The molecule has 0 unspecified atom stereocenters. The zero-order valence-electron chi connectivity index (χ0n) is 14.2. The largest absolute Gasteiger partial charge is 0.326 e. The van der Waals surface area contributed by atoms with Crippen molar-refractivity contribution in [2.45, 2.75) is 13.3 Å². The van der Waals surface area contributed by atoms with Crippen LogP contribution >= 0.6 is 0 Å². The molecule has 128 valence electrons. The van der Waals surface area contributed by atoms with Gasteiger partial charge in [-0.3, -0.25) is 14.9 Å². The number of carbonyl (C=O) groups excluding carboxylic acids is 1. The van der Waals surface area contributed by atoms with E-state index in [-0.39, 0.29) is 12.3 Å². The summed E-state index contributed by atoms with van der Waals surface area (Å²) < 4.78 is 0. The van der Waals surface area contributed by atoms with Crippen molar-refractivity contribution in [3.63, 3.8) is 0 Å². The van der Waals surface area contributed by atoms with E-state index in [0.717, 1.165) is 27.9 Å². The van der Waals surface area contributed by atoms with Gasteiger partial charge in [0.05, 0.1) is 11.9 Å². The molecule has 0 aliphatic rings. The molecular weight excluding hydrogens is 326 g/mol. The molecule has 2 aromatic carbocycles. The minimum Gasteiger partial charge on any atom is -0.326 e. The Labute approximate surface area is 150 Å². The van der Waals surface area contributed by atoms with Crippen LogP contribution in [0.2, 0.25) is 0 Å². The van der Waals surface area contributed by atoms with Crippen LogP contribution in [-0.2, 0) is 11.2 Å². The predicted molar refractivity (Wildman–Crippen MR) is 101 cm³/mol. The van der Waals surface area contributed by atoms with Crippen molar-refractivity contribution in [1.29, 1.82) is 0 Å². The van der Waals surface area contributed by atoms with E-state index >= 15 is 0 Å². The standard InChI is InChI=1S/C20H17N5O/c1-13-22-20(25-24-13)16-6-4-7-17(11-16)23-19(26)10-14-9-15-5-2-3-8-18(15)21-12-14/h2-9,11-12H,10H2,1H3,(H,23,26)(H,22,24,25). The minimum absolute atomic E-state index is 0.0922. The van der Waals surface area contributed by atoms with E-state index in [9.17, 15) is 4.79 Å². The second-order valence-corrected chi connectivity index (χ2v) is 6.09. The first kappa shape index (κ1) is 16.0. The van der Waals surface area contributed by atoms with Gasteiger partial charge in [0, 0.05) is 22.8 Å². The van der Waals surface area contributed by atoms with Gasteiger partial charge in [-0.05, 0) is 36.8 Å². The highest BCUT2D eigenvalue weighted by Gasteiger charge is 2.08. The number of pyridine rings is 1. The minimum atomic E-state index is -0.0922. The quantitative estimate of drug-likeness (QED) is 0.594. The normalized spacial score (nSPS) is 10.8. The Bertz CT molecular complexity index is 1090. The van der Waals surface area contributed by atoms with Crippen molar-refractivity contribution in [3.05, 3.63) is 72.2 Å². The molecule has 0 fully saturated rings. The van der Waals surface area contributed by atoms with Crippen molar-refractivity contribution in [2.75, 3.05) is 5.32 Å². The number of aryl methyl sites for hydroxylation is 1. The fourth-order valence-electron chi connectivity index (χ4n) is 2.81. The van der Waals surface area contributed by atoms with Crippen LogP contribution in [0.4, 0.5) is 5.69 Å².